The van der Waals surface area contributed by atoms with Crippen LogP contribution in [0.15, 0.2) is 0 Å². The lowest BCUT2D eigenvalue weighted by Gasteiger charge is -2.45. The standard InChI is InChI=1S/C29H52N2O7/c1-19-16-29(6,35-10)26(38-24-15-23(30(7)8)14-20(2)37-24)21(3)25(33)28(4,5)27(34)36-18-22(12-11-13-32)31(9)17-19/h13,19-24,26H,11-12,14-18H2,1-10H3/t19-,20-,21+,22+,23-,24+,26-,29-/m1/s1. The van der Waals surface area contributed by atoms with Crippen LogP contribution in [0.4, 0.5) is 0 Å². The predicted octanol–water partition coefficient (Wildman–Crippen LogP) is 3.33. The molecule has 0 unspecified atom stereocenters. The number of hydrogen-bond acceptors (Lipinski definition) is 9. The number of carbonyl (C=O) groups is 3. The fourth-order valence-electron chi connectivity index (χ4n) is 6.10. The summed E-state index contributed by atoms with van der Waals surface area (Å²) in [6, 6.07) is 0.164. The Morgan fingerprint density at radius 3 is 2.37 bits per heavy atom. The Labute approximate surface area is 229 Å². The minimum Gasteiger partial charge on any atom is -0.463 e. The van der Waals surface area contributed by atoms with E-state index in [1.165, 1.54) is 0 Å². The molecule has 2 rings (SSSR count). The van der Waals surface area contributed by atoms with E-state index in [-0.39, 0.29) is 30.5 Å². The normalized spacial score (nSPS) is 38.1. The summed E-state index contributed by atoms with van der Waals surface area (Å²) in [5.74, 6) is -1.31. The number of rotatable bonds is 7. The highest BCUT2D eigenvalue weighted by Crippen LogP contribution is 2.38. The summed E-state index contributed by atoms with van der Waals surface area (Å²) in [4.78, 5) is 42.6. The van der Waals surface area contributed by atoms with Crippen LogP contribution in [0.5, 0.6) is 0 Å². The SMILES string of the molecule is CO[C@]1(C)C[C@@H](C)CN(C)[C@@H](CCC=O)COC(=O)C(C)(C)C(=O)[C@H](C)[C@H]1O[C@H]1C[C@H](N(C)C)C[C@@H](C)O1. The second-order valence-corrected chi connectivity index (χ2v) is 12.6. The number of carbonyl (C=O) groups excluding carboxylic acids is 3. The average Bonchev–Trinajstić information content (AvgIpc) is 2.85. The largest absolute Gasteiger partial charge is 0.463 e. The highest BCUT2D eigenvalue weighted by Gasteiger charge is 2.50. The Morgan fingerprint density at radius 2 is 1.79 bits per heavy atom. The predicted molar refractivity (Wildman–Crippen MR) is 146 cm³/mol. The zero-order valence-corrected chi connectivity index (χ0v) is 25.3. The van der Waals surface area contributed by atoms with Crippen molar-refractivity contribution in [2.45, 2.75) is 110 Å². The maximum absolute atomic E-state index is 13.9. The fraction of sp³-hybridized carbons (Fsp3) is 0.897. The third-order valence-electron chi connectivity index (χ3n) is 8.54. The Hall–Kier alpha value is -1.39. The number of ketones is 1. The second-order valence-electron chi connectivity index (χ2n) is 12.6. The van der Waals surface area contributed by atoms with E-state index in [4.69, 9.17) is 18.9 Å². The molecule has 9 nitrogen and oxygen atoms in total. The van der Waals surface area contributed by atoms with Gasteiger partial charge in [0, 0.05) is 44.5 Å². The van der Waals surface area contributed by atoms with E-state index in [0.717, 1.165) is 12.7 Å². The van der Waals surface area contributed by atoms with Crippen LogP contribution in [0.1, 0.15) is 73.6 Å². The molecule has 0 saturated carbocycles. The summed E-state index contributed by atoms with van der Waals surface area (Å²) in [6.07, 6.45) is 2.90. The molecule has 0 aromatic rings. The number of hydrogen-bond donors (Lipinski definition) is 0. The minimum absolute atomic E-state index is 0.0120. The molecule has 0 aliphatic carbocycles. The van der Waals surface area contributed by atoms with Crippen molar-refractivity contribution in [1.82, 2.24) is 9.80 Å². The van der Waals surface area contributed by atoms with Crippen molar-refractivity contribution in [2.75, 3.05) is 41.4 Å². The summed E-state index contributed by atoms with van der Waals surface area (Å²) in [7, 11) is 7.74. The number of methoxy groups -OCH3 is 1. The molecule has 38 heavy (non-hydrogen) atoms. The minimum atomic E-state index is -1.38. The van der Waals surface area contributed by atoms with E-state index < -0.39 is 35.3 Å². The molecule has 2 aliphatic rings. The summed E-state index contributed by atoms with van der Waals surface area (Å²) in [5, 5.41) is 0. The van der Waals surface area contributed by atoms with Gasteiger partial charge in [0.15, 0.2) is 12.1 Å². The molecule has 0 radical (unpaired) electrons. The van der Waals surface area contributed by atoms with E-state index in [0.29, 0.717) is 38.3 Å². The first-order valence-corrected chi connectivity index (χ1v) is 14.0. The van der Waals surface area contributed by atoms with Crippen LogP contribution in [0.25, 0.3) is 0 Å². The van der Waals surface area contributed by atoms with Gasteiger partial charge in [-0.25, -0.2) is 0 Å². The molecule has 2 heterocycles. The van der Waals surface area contributed by atoms with Crippen LogP contribution in [0.2, 0.25) is 0 Å². The van der Waals surface area contributed by atoms with E-state index in [1.54, 1.807) is 21.0 Å². The Kier molecular flexibility index (Phi) is 11.9. The first-order valence-electron chi connectivity index (χ1n) is 14.0. The molecule has 2 fully saturated rings. The van der Waals surface area contributed by atoms with Gasteiger partial charge in [-0.1, -0.05) is 13.8 Å². The van der Waals surface area contributed by atoms with E-state index >= 15 is 0 Å². The summed E-state index contributed by atoms with van der Waals surface area (Å²) < 4.78 is 24.8. The van der Waals surface area contributed by atoms with Crippen molar-refractivity contribution in [1.29, 1.82) is 0 Å². The smallest absolute Gasteiger partial charge is 0.319 e. The van der Waals surface area contributed by atoms with E-state index in [9.17, 15) is 14.4 Å². The van der Waals surface area contributed by atoms with Crippen molar-refractivity contribution < 1.29 is 33.3 Å². The molecule has 2 saturated heterocycles. The molecular formula is C29H52N2O7. The van der Waals surface area contributed by atoms with Crippen LogP contribution in [-0.2, 0) is 33.3 Å². The van der Waals surface area contributed by atoms with Gasteiger partial charge in [0.05, 0.1) is 17.8 Å². The van der Waals surface area contributed by atoms with E-state index in [2.05, 4.69) is 30.8 Å². The molecule has 0 amide bonds. The van der Waals surface area contributed by atoms with Crippen molar-refractivity contribution in [3.05, 3.63) is 0 Å². The molecule has 9 heteroatoms. The first kappa shape index (κ1) is 32.8. The van der Waals surface area contributed by atoms with E-state index in [1.807, 2.05) is 27.8 Å². The molecule has 8 atom stereocenters. The van der Waals surface area contributed by atoms with Crippen molar-refractivity contribution in [3.8, 4) is 0 Å². The van der Waals surface area contributed by atoms with Gasteiger partial charge in [-0.15, -0.1) is 0 Å². The third-order valence-corrected chi connectivity index (χ3v) is 8.54. The van der Waals surface area contributed by atoms with Gasteiger partial charge in [-0.3, -0.25) is 14.5 Å². The number of likely N-dealkylation sites (N-methyl/N-ethyl adjacent to an activating group) is 1. The van der Waals surface area contributed by atoms with Crippen LogP contribution in [-0.4, -0.2) is 105 Å². The van der Waals surface area contributed by atoms with Gasteiger partial charge < -0.3 is 28.6 Å². The maximum atomic E-state index is 13.9. The number of ether oxygens (including phenoxy) is 4. The highest BCUT2D eigenvalue weighted by atomic mass is 16.7. The van der Waals surface area contributed by atoms with Gasteiger partial charge in [0.1, 0.15) is 18.3 Å². The lowest BCUT2D eigenvalue weighted by atomic mass is 9.74. The van der Waals surface area contributed by atoms with Gasteiger partial charge >= 0.3 is 5.97 Å². The Balaban J connectivity index is 2.47. The molecule has 0 aromatic heterocycles. The number of Topliss-reactive ketones (excluding diaryl/α,β-unsaturated/α-hetero) is 1. The quantitative estimate of drug-likeness (QED) is 0.274. The maximum Gasteiger partial charge on any atom is 0.319 e. The number of cyclic esters (lactones) is 1. The molecular weight excluding hydrogens is 488 g/mol. The number of esters is 1. The molecule has 220 valence electrons. The van der Waals surface area contributed by atoms with Crippen molar-refractivity contribution in [2.24, 2.45) is 17.3 Å². The molecule has 0 spiro atoms. The van der Waals surface area contributed by atoms with Crippen molar-refractivity contribution >= 4 is 18.0 Å². The highest BCUT2D eigenvalue weighted by molar-refractivity contribution is 6.04. The third kappa shape index (κ3) is 8.07. The lowest BCUT2D eigenvalue weighted by molar-refractivity contribution is -0.263. The molecule has 0 aromatic carbocycles. The topological polar surface area (TPSA) is 94.6 Å². The fourth-order valence-corrected chi connectivity index (χ4v) is 6.10. The van der Waals surface area contributed by atoms with Crippen molar-refractivity contribution in [3.63, 3.8) is 0 Å². The number of nitrogens with zero attached hydrogens (tertiary/aromatic N) is 2. The average molecular weight is 541 g/mol. The molecule has 0 bridgehead atoms. The second kappa shape index (κ2) is 13.8. The summed E-state index contributed by atoms with van der Waals surface area (Å²) >= 11 is 0. The van der Waals surface area contributed by atoms with Gasteiger partial charge in [-0.2, -0.15) is 0 Å². The summed E-state index contributed by atoms with van der Waals surface area (Å²) in [6.45, 7) is 12.1. The van der Waals surface area contributed by atoms with Crippen LogP contribution < -0.4 is 0 Å². The monoisotopic (exact) mass is 540 g/mol. The van der Waals surface area contributed by atoms with Crippen LogP contribution >= 0.6 is 0 Å². The molecule has 0 N–H and O–H groups in total. The lowest BCUT2D eigenvalue weighted by Crippen LogP contribution is -2.55. The van der Waals surface area contributed by atoms with Crippen LogP contribution in [0, 0.1) is 17.3 Å². The zero-order chi connectivity index (χ0) is 28.8. The molecule has 2 aliphatic heterocycles. The van der Waals surface area contributed by atoms with Gasteiger partial charge in [0.25, 0.3) is 0 Å². The van der Waals surface area contributed by atoms with Gasteiger partial charge in [-0.05, 0) is 74.0 Å². The Bertz CT molecular complexity index is 804. The summed E-state index contributed by atoms with van der Waals surface area (Å²) in [5.41, 5.74) is -2.20. The van der Waals surface area contributed by atoms with Gasteiger partial charge in [0.2, 0.25) is 0 Å². The van der Waals surface area contributed by atoms with Crippen LogP contribution in [0.3, 0.4) is 0 Å². The Morgan fingerprint density at radius 1 is 1.13 bits per heavy atom. The zero-order valence-electron chi connectivity index (χ0n) is 25.3. The first-order chi connectivity index (χ1) is 17.7. The number of aldehydes is 1.